The first-order valence-corrected chi connectivity index (χ1v) is 5.60. The van der Waals surface area contributed by atoms with Crippen LogP contribution in [0.15, 0.2) is 11.8 Å². The molecule has 4 nitrogen and oxygen atoms in total. The first-order chi connectivity index (χ1) is 7.21. The SMILES string of the molecule is COC(C)COC1=CC(C)(C)N(O)C1(C)C. The van der Waals surface area contributed by atoms with E-state index in [-0.39, 0.29) is 6.10 Å². The van der Waals surface area contributed by atoms with E-state index in [1.165, 1.54) is 5.06 Å². The second kappa shape index (κ2) is 4.35. The molecule has 0 fully saturated rings. The highest BCUT2D eigenvalue weighted by Gasteiger charge is 2.46. The summed E-state index contributed by atoms with van der Waals surface area (Å²) in [5.74, 6) is 0.795. The molecule has 0 bridgehead atoms. The van der Waals surface area contributed by atoms with Gasteiger partial charge in [0.15, 0.2) is 0 Å². The summed E-state index contributed by atoms with van der Waals surface area (Å²) in [6.07, 6.45) is 2.00. The Morgan fingerprint density at radius 1 is 1.38 bits per heavy atom. The van der Waals surface area contributed by atoms with Crippen LogP contribution < -0.4 is 0 Å². The van der Waals surface area contributed by atoms with E-state index in [1.54, 1.807) is 7.11 Å². The minimum absolute atomic E-state index is 0.0487. The van der Waals surface area contributed by atoms with E-state index in [9.17, 15) is 5.21 Å². The van der Waals surface area contributed by atoms with Crippen molar-refractivity contribution in [1.29, 1.82) is 0 Å². The lowest BCUT2D eigenvalue weighted by atomic mass is 10.1. The van der Waals surface area contributed by atoms with Gasteiger partial charge in [-0.2, -0.15) is 5.06 Å². The molecule has 0 saturated heterocycles. The van der Waals surface area contributed by atoms with Crippen LogP contribution in [0.4, 0.5) is 0 Å². The summed E-state index contributed by atoms with van der Waals surface area (Å²) in [7, 11) is 1.66. The summed E-state index contributed by atoms with van der Waals surface area (Å²) < 4.78 is 10.8. The Hall–Kier alpha value is -0.580. The van der Waals surface area contributed by atoms with Gasteiger partial charge < -0.3 is 14.7 Å². The van der Waals surface area contributed by atoms with E-state index in [0.717, 1.165) is 5.76 Å². The molecule has 4 heteroatoms. The van der Waals surface area contributed by atoms with Crippen molar-refractivity contribution in [3.8, 4) is 0 Å². The summed E-state index contributed by atoms with van der Waals surface area (Å²) in [6.45, 7) is 10.2. The zero-order chi connectivity index (χ0) is 12.6. The predicted octanol–water partition coefficient (Wildman–Crippen LogP) is 2.18. The third kappa shape index (κ3) is 2.39. The number of ether oxygens (including phenoxy) is 2. The molecule has 0 saturated carbocycles. The average Bonchev–Trinajstić information content (AvgIpc) is 2.35. The Labute approximate surface area is 97.8 Å². The average molecular weight is 229 g/mol. The molecule has 0 aromatic heterocycles. The number of methoxy groups -OCH3 is 1. The first-order valence-electron chi connectivity index (χ1n) is 5.60. The van der Waals surface area contributed by atoms with E-state index < -0.39 is 11.1 Å². The fourth-order valence-corrected chi connectivity index (χ4v) is 1.88. The van der Waals surface area contributed by atoms with Gasteiger partial charge in [0.1, 0.15) is 12.4 Å². The van der Waals surface area contributed by atoms with Crippen LogP contribution in [0.5, 0.6) is 0 Å². The standard InChI is InChI=1S/C12H23NO3/c1-9(15-6)8-16-10-7-11(2,3)13(14)12(10,4)5/h7,9,14H,8H2,1-6H3. The van der Waals surface area contributed by atoms with Gasteiger partial charge in [-0.05, 0) is 40.7 Å². The topological polar surface area (TPSA) is 41.9 Å². The molecule has 1 N–H and O–H groups in total. The first kappa shape index (κ1) is 13.5. The Morgan fingerprint density at radius 2 is 1.94 bits per heavy atom. The van der Waals surface area contributed by atoms with Crippen molar-refractivity contribution in [3.05, 3.63) is 11.8 Å². The molecule has 0 radical (unpaired) electrons. The smallest absolute Gasteiger partial charge is 0.116 e. The molecular weight excluding hydrogens is 206 g/mol. The molecule has 1 aliphatic heterocycles. The molecule has 1 rings (SSSR count). The van der Waals surface area contributed by atoms with Gasteiger partial charge in [0.25, 0.3) is 0 Å². The van der Waals surface area contributed by atoms with Gasteiger partial charge in [-0.3, -0.25) is 0 Å². The number of rotatable bonds is 4. The summed E-state index contributed by atoms with van der Waals surface area (Å²) in [5, 5.41) is 11.4. The van der Waals surface area contributed by atoms with E-state index in [1.807, 2.05) is 40.7 Å². The van der Waals surface area contributed by atoms with Gasteiger partial charge >= 0.3 is 0 Å². The Balaban J connectivity index is 2.73. The van der Waals surface area contributed by atoms with Crippen molar-refractivity contribution in [2.24, 2.45) is 0 Å². The summed E-state index contributed by atoms with van der Waals surface area (Å²) in [6, 6.07) is 0. The molecule has 0 amide bonds. The molecule has 94 valence electrons. The minimum Gasteiger partial charge on any atom is -0.493 e. The third-order valence-corrected chi connectivity index (χ3v) is 3.04. The Bertz CT molecular complexity index is 284. The quantitative estimate of drug-likeness (QED) is 0.802. The second-order valence-electron chi connectivity index (χ2n) is 5.39. The summed E-state index contributed by atoms with van der Waals surface area (Å²) in [5.41, 5.74) is -0.883. The molecular formula is C12H23NO3. The van der Waals surface area contributed by atoms with Crippen LogP contribution in [-0.2, 0) is 9.47 Å². The van der Waals surface area contributed by atoms with Gasteiger partial charge in [0.05, 0.1) is 17.2 Å². The van der Waals surface area contributed by atoms with Crippen molar-refractivity contribution in [2.45, 2.75) is 51.8 Å². The fourth-order valence-electron chi connectivity index (χ4n) is 1.88. The largest absolute Gasteiger partial charge is 0.493 e. The predicted molar refractivity (Wildman–Crippen MR) is 62.3 cm³/mol. The van der Waals surface area contributed by atoms with Crippen LogP contribution in [0.25, 0.3) is 0 Å². The van der Waals surface area contributed by atoms with E-state index >= 15 is 0 Å². The zero-order valence-electron chi connectivity index (χ0n) is 11.1. The van der Waals surface area contributed by atoms with Crippen molar-refractivity contribution in [1.82, 2.24) is 5.06 Å². The third-order valence-electron chi connectivity index (χ3n) is 3.04. The maximum atomic E-state index is 10.0. The molecule has 0 spiro atoms. The van der Waals surface area contributed by atoms with Crippen molar-refractivity contribution < 1.29 is 14.7 Å². The second-order valence-corrected chi connectivity index (χ2v) is 5.39. The van der Waals surface area contributed by atoms with Gasteiger partial charge in [-0.1, -0.05) is 0 Å². The molecule has 0 aliphatic carbocycles. The van der Waals surface area contributed by atoms with Crippen molar-refractivity contribution in [2.75, 3.05) is 13.7 Å². The maximum Gasteiger partial charge on any atom is 0.116 e. The molecule has 1 heterocycles. The van der Waals surface area contributed by atoms with Gasteiger partial charge in [0.2, 0.25) is 0 Å². The summed E-state index contributed by atoms with van der Waals surface area (Å²) >= 11 is 0. The molecule has 0 aromatic carbocycles. The van der Waals surface area contributed by atoms with Crippen LogP contribution in [0.1, 0.15) is 34.6 Å². The Kier molecular flexibility index (Phi) is 3.67. The fraction of sp³-hybridized carbons (Fsp3) is 0.833. The van der Waals surface area contributed by atoms with Crippen LogP contribution >= 0.6 is 0 Å². The van der Waals surface area contributed by atoms with E-state index in [4.69, 9.17) is 9.47 Å². The monoisotopic (exact) mass is 229 g/mol. The lowest BCUT2D eigenvalue weighted by Gasteiger charge is -2.35. The van der Waals surface area contributed by atoms with Crippen LogP contribution in [0.2, 0.25) is 0 Å². The molecule has 1 atom stereocenters. The van der Waals surface area contributed by atoms with Crippen LogP contribution in [-0.4, -0.2) is 41.2 Å². The minimum atomic E-state index is -0.489. The lowest BCUT2D eigenvalue weighted by molar-refractivity contribution is -0.192. The van der Waals surface area contributed by atoms with Crippen LogP contribution in [0.3, 0.4) is 0 Å². The van der Waals surface area contributed by atoms with Crippen molar-refractivity contribution >= 4 is 0 Å². The number of nitrogens with zero attached hydrogens (tertiary/aromatic N) is 1. The molecule has 1 aliphatic rings. The normalized spacial score (nSPS) is 25.3. The van der Waals surface area contributed by atoms with Crippen molar-refractivity contribution in [3.63, 3.8) is 0 Å². The number of hydrogen-bond acceptors (Lipinski definition) is 4. The number of hydrogen-bond donors (Lipinski definition) is 1. The van der Waals surface area contributed by atoms with Crippen LogP contribution in [0, 0.1) is 0 Å². The highest BCUT2D eigenvalue weighted by atomic mass is 16.5. The Morgan fingerprint density at radius 3 is 2.31 bits per heavy atom. The zero-order valence-corrected chi connectivity index (χ0v) is 11.1. The molecule has 0 aromatic rings. The van der Waals surface area contributed by atoms with E-state index in [2.05, 4.69) is 0 Å². The van der Waals surface area contributed by atoms with Gasteiger partial charge in [-0.25, -0.2) is 0 Å². The van der Waals surface area contributed by atoms with Gasteiger partial charge in [0, 0.05) is 7.11 Å². The molecule has 1 unspecified atom stereocenters. The maximum absolute atomic E-state index is 10.0. The van der Waals surface area contributed by atoms with E-state index in [0.29, 0.717) is 6.61 Å². The number of hydroxylamine groups is 2. The summed E-state index contributed by atoms with van der Waals surface area (Å²) in [4.78, 5) is 0. The van der Waals surface area contributed by atoms with Gasteiger partial charge in [-0.15, -0.1) is 0 Å². The lowest BCUT2D eigenvalue weighted by Crippen LogP contribution is -2.48. The highest BCUT2D eigenvalue weighted by Crippen LogP contribution is 2.38. The highest BCUT2D eigenvalue weighted by molar-refractivity contribution is 5.25. The molecule has 16 heavy (non-hydrogen) atoms.